The highest BCUT2D eigenvalue weighted by atomic mass is 35.5. The van der Waals surface area contributed by atoms with Crippen LogP contribution in [0.15, 0.2) is 35.1 Å². The number of carboxylic acid groups (broad SMARTS) is 1. The Hall–Kier alpha value is -3.87. The van der Waals surface area contributed by atoms with Crippen molar-refractivity contribution in [1.29, 1.82) is 0 Å². The van der Waals surface area contributed by atoms with Crippen LogP contribution in [0.3, 0.4) is 0 Å². The minimum Gasteiger partial charge on any atom is -0.486 e. The van der Waals surface area contributed by atoms with Crippen LogP contribution in [0, 0.1) is 11.6 Å². The predicted molar refractivity (Wildman–Crippen MR) is 116 cm³/mol. The normalized spacial score (nSPS) is 11.4. The van der Waals surface area contributed by atoms with E-state index in [-0.39, 0.29) is 11.6 Å². The molecule has 0 aliphatic carbocycles. The highest BCUT2D eigenvalue weighted by molar-refractivity contribution is 6.34. The standard InChI is InChI=1S/C21H17ClF4N4O5/c1-3-29-17(19(32)33)28-30(20(29)34)14-8-15(35-9-21(2,25)26)10(7-13(14)24)18(31)27-16-11(22)5-4-6-12(16)23/h4-8H,3,9H2,1-2H3,(H,27,31)(H,32,33). The Balaban J connectivity index is 2.14. The van der Waals surface area contributed by atoms with Crippen molar-refractivity contribution in [1.82, 2.24) is 14.3 Å². The second kappa shape index (κ2) is 9.78. The molecule has 0 fully saturated rings. The van der Waals surface area contributed by atoms with Crippen LogP contribution in [0.5, 0.6) is 5.75 Å². The number of ether oxygens (including phenoxy) is 1. The van der Waals surface area contributed by atoms with Gasteiger partial charge in [0.15, 0.2) is 6.61 Å². The SMILES string of the molecule is CCn1c(C(=O)O)nn(-c2cc(OCC(C)(F)F)c(C(=O)Nc3c(F)cccc3Cl)cc2F)c1=O. The molecule has 1 amide bonds. The van der Waals surface area contributed by atoms with Crippen LogP contribution in [-0.2, 0) is 6.54 Å². The Morgan fingerprint density at radius 2 is 1.91 bits per heavy atom. The van der Waals surface area contributed by atoms with Gasteiger partial charge in [0.05, 0.1) is 16.3 Å². The van der Waals surface area contributed by atoms with Gasteiger partial charge in [-0.05, 0) is 25.1 Å². The van der Waals surface area contributed by atoms with Crippen molar-refractivity contribution in [2.75, 3.05) is 11.9 Å². The van der Waals surface area contributed by atoms with Crippen LogP contribution in [0.4, 0.5) is 23.2 Å². The maximum absolute atomic E-state index is 15.0. The summed E-state index contributed by atoms with van der Waals surface area (Å²) < 4.78 is 62.2. The molecule has 14 heteroatoms. The van der Waals surface area contributed by atoms with Crippen molar-refractivity contribution in [2.45, 2.75) is 26.3 Å². The molecular formula is C21H17ClF4N4O5. The van der Waals surface area contributed by atoms with Crippen LogP contribution in [-0.4, -0.2) is 43.9 Å². The van der Waals surface area contributed by atoms with Crippen LogP contribution < -0.4 is 15.7 Å². The predicted octanol–water partition coefficient (Wildman–Crippen LogP) is 3.97. The van der Waals surface area contributed by atoms with Crippen molar-refractivity contribution in [3.8, 4) is 11.4 Å². The molecule has 2 N–H and O–H groups in total. The number of carboxylic acids is 1. The zero-order valence-electron chi connectivity index (χ0n) is 18.1. The monoisotopic (exact) mass is 516 g/mol. The number of benzene rings is 2. The second-order valence-corrected chi connectivity index (χ2v) is 7.68. The van der Waals surface area contributed by atoms with Crippen molar-refractivity contribution in [3.05, 3.63) is 68.9 Å². The van der Waals surface area contributed by atoms with Crippen LogP contribution in [0.1, 0.15) is 34.8 Å². The van der Waals surface area contributed by atoms with Gasteiger partial charge < -0.3 is 15.2 Å². The number of anilines is 1. The van der Waals surface area contributed by atoms with E-state index in [9.17, 15) is 32.7 Å². The summed E-state index contributed by atoms with van der Waals surface area (Å²) in [5.41, 5.74) is -2.78. The first-order valence-corrected chi connectivity index (χ1v) is 10.2. The summed E-state index contributed by atoms with van der Waals surface area (Å²) in [6, 6.07) is 4.84. The van der Waals surface area contributed by atoms with E-state index < -0.39 is 70.2 Å². The van der Waals surface area contributed by atoms with Crippen molar-refractivity contribution in [3.63, 3.8) is 0 Å². The number of halogens is 5. The van der Waals surface area contributed by atoms with Gasteiger partial charge in [-0.2, -0.15) is 4.68 Å². The quantitative estimate of drug-likeness (QED) is 0.438. The summed E-state index contributed by atoms with van der Waals surface area (Å²) in [4.78, 5) is 36.7. The zero-order chi connectivity index (χ0) is 26.1. The average Bonchev–Trinajstić information content (AvgIpc) is 3.11. The highest BCUT2D eigenvalue weighted by Crippen LogP contribution is 2.30. The molecule has 0 spiro atoms. The number of nitrogens with zero attached hydrogens (tertiary/aromatic N) is 3. The number of para-hydroxylation sites is 1. The number of hydrogen-bond acceptors (Lipinski definition) is 5. The molecule has 9 nitrogen and oxygen atoms in total. The molecule has 0 atom stereocenters. The average molecular weight is 517 g/mol. The third-order valence-corrected chi connectivity index (χ3v) is 4.89. The van der Waals surface area contributed by atoms with E-state index in [2.05, 4.69) is 10.4 Å². The summed E-state index contributed by atoms with van der Waals surface area (Å²) in [7, 11) is 0. The minimum atomic E-state index is -3.37. The minimum absolute atomic E-state index is 0.114. The summed E-state index contributed by atoms with van der Waals surface area (Å²) in [6.07, 6.45) is 0. The van der Waals surface area contributed by atoms with Crippen molar-refractivity contribution >= 4 is 29.2 Å². The number of carbonyl (C=O) groups excluding carboxylic acids is 1. The fourth-order valence-electron chi connectivity index (χ4n) is 3.00. The number of aromatic carboxylic acids is 1. The zero-order valence-corrected chi connectivity index (χ0v) is 18.9. The third kappa shape index (κ3) is 5.45. The van der Waals surface area contributed by atoms with Gasteiger partial charge in [0, 0.05) is 19.5 Å². The number of nitrogens with one attached hydrogen (secondary N) is 1. The first-order chi connectivity index (χ1) is 16.3. The van der Waals surface area contributed by atoms with E-state index in [0.717, 1.165) is 16.7 Å². The lowest BCUT2D eigenvalue weighted by molar-refractivity contribution is -0.0231. The summed E-state index contributed by atoms with van der Waals surface area (Å²) in [5, 5.41) is 14.8. The van der Waals surface area contributed by atoms with Gasteiger partial charge >= 0.3 is 11.7 Å². The van der Waals surface area contributed by atoms with Gasteiger partial charge in [-0.1, -0.05) is 17.7 Å². The molecule has 0 aliphatic rings. The van der Waals surface area contributed by atoms with Crippen molar-refractivity contribution in [2.24, 2.45) is 0 Å². The Bertz CT molecular complexity index is 1350. The molecular weight excluding hydrogens is 500 g/mol. The van der Waals surface area contributed by atoms with Gasteiger partial charge in [-0.3, -0.25) is 9.36 Å². The number of rotatable bonds is 8. The Labute approximate surface area is 199 Å². The highest BCUT2D eigenvalue weighted by Gasteiger charge is 2.27. The molecule has 2 aromatic carbocycles. The molecule has 3 aromatic rings. The first-order valence-electron chi connectivity index (χ1n) is 9.87. The molecule has 1 aromatic heterocycles. The maximum Gasteiger partial charge on any atom is 0.374 e. The van der Waals surface area contributed by atoms with Gasteiger partial charge in [0.2, 0.25) is 5.82 Å². The molecule has 0 saturated heterocycles. The summed E-state index contributed by atoms with van der Waals surface area (Å²) in [5.74, 6) is -9.56. The van der Waals surface area contributed by atoms with Crippen LogP contribution in [0.25, 0.3) is 5.69 Å². The first kappa shape index (κ1) is 25.7. The molecule has 0 unspecified atom stereocenters. The summed E-state index contributed by atoms with van der Waals surface area (Å²) in [6.45, 7) is 0.632. The van der Waals surface area contributed by atoms with E-state index in [1.54, 1.807) is 0 Å². The van der Waals surface area contributed by atoms with E-state index in [1.807, 2.05) is 0 Å². The fourth-order valence-corrected chi connectivity index (χ4v) is 3.21. The molecule has 0 aliphatic heterocycles. The number of amides is 1. The molecule has 0 radical (unpaired) electrons. The van der Waals surface area contributed by atoms with Crippen LogP contribution >= 0.6 is 11.6 Å². The smallest absolute Gasteiger partial charge is 0.374 e. The Kier molecular flexibility index (Phi) is 7.19. The molecule has 35 heavy (non-hydrogen) atoms. The maximum atomic E-state index is 15.0. The number of carbonyl (C=O) groups is 2. The van der Waals surface area contributed by atoms with E-state index in [0.29, 0.717) is 17.7 Å². The number of aromatic nitrogens is 3. The van der Waals surface area contributed by atoms with E-state index in [4.69, 9.17) is 16.3 Å². The second-order valence-electron chi connectivity index (χ2n) is 7.28. The molecule has 1 heterocycles. The van der Waals surface area contributed by atoms with Gasteiger partial charge in [0.25, 0.3) is 11.8 Å². The number of hydrogen-bond donors (Lipinski definition) is 2. The molecule has 0 bridgehead atoms. The lowest BCUT2D eigenvalue weighted by Gasteiger charge is -2.17. The van der Waals surface area contributed by atoms with Gasteiger partial charge in [-0.25, -0.2) is 27.2 Å². The van der Waals surface area contributed by atoms with Gasteiger partial charge in [-0.15, -0.1) is 5.10 Å². The Morgan fingerprint density at radius 1 is 1.23 bits per heavy atom. The van der Waals surface area contributed by atoms with Crippen molar-refractivity contribution < 1.29 is 37.0 Å². The van der Waals surface area contributed by atoms with Gasteiger partial charge in [0.1, 0.15) is 23.1 Å². The fraction of sp³-hybridized carbons (Fsp3) is 0.238. The lowest BCUT2D eigenvalue weighted by Crippen LogP contribution is -2.26. The Morgan fingerprint density at radius 3 is 2.46 bits per heavy atom. The third-order valence-electron chi connectivity index (χ3n) is 4.57. The van der Waals surface area contributed by atoms with Crippen LogP contribution in [0.2, 0.25) is 5.02 Å². The molecule has 3 rings (SSSR count). The largest absolute Gasteiger partial charge is 0.486 e. The molecule has 0 saturated carbocycles. The topological polar surface area (TPSA) is 115 Å². The lowest BCUT2D eigenvalue weighted by atomic mass is 10.1. The summed E-state index contributed by atoms with van der Waals surface area (Å²) >= 11 is 5.88. The molecule has 186 valence electrons. The number of alkyl halides is 2. The van der Waals surface area contributed by atoms with E-state index in [1.165, 1.54) is 19.1 Å². The van der Waals surface area contributed by atoms with E-state index >= 15 is 4.39 Å².